The molecule has 0 fully saturated rings. The molecule has 1 aromatic carbocycles. The van der Waals surface area contributed by atoms with Gasteiger partial charge in [-0.2, -0.15) is 5.10 Å². The lowest BCUT2D eigenvalue weighted by Gasteiger charge is -2.03. The maximum atomic E-state index is 5.08. The van der Waals surface area contributed by atoms with E-state index in [1.54, 1.807) is 6.33 Å². The average Bonchev–Trinajstić information content (AvgIpc) is 2.49. The summed E-state index contributed by atoms with van der Waals surface area (Å²) in [6.45, 7) is 2.04. The highest BCUT2D eigenvalue weighted by atomic mass is 79.9. The highest BCUT2D eigenvalue weighted by molar-refractivity contribution is 9.10. The molecular weight excluding hydrogens is 262 g/mol. The van der Waals surface area contributed by atoms with E-state index in [1.165, 1.54) is 5.56 Å². The summed E-state index contributed by atoms with van der Waals surface area (Å²) in [5.74, 6) is 0. The van der Waals surface area contributed by atoms with Gasteiger partial charge in [-0.25, -0.2) is 0 Å². The van der Waals surface area contributed by atoms with E-state index in [4.69, 9.17) is 12.2 Å². The highest BCUT2D eigenvalue weighted by Gasteiger charge is 2.00. The molecule has 0 aliphatic carbocycles. The van der Waals surface area contributed by atoms with E-state index in [2.05, 4.69) is 32.2 Å². The molecule has 0 bridgehead atoms. The van der Waals surface area contributed by atoms with E-state index in [9.17, 15) is 0 Å². The van der Waals surface area contributed by atoms with E-state index in [1.807, 2.05) is 23.6 Å². The number of aromatic nitrogens is 3. The van der Waals surface area contributed by atoms with Gasteiger partial charge in [0.2, 0.25) is 0 Å². The number of nitrogens with one attached hydrogen (secondary N) is 1. The van der Waals surface area contributed by atoms with Crippen LogP contribution in [0.4, 0.5) is 0 Å². The van der Waals surface area contributed by atoms with Gasteiger partial charge in [-0.3, -0.25) is 9.67 Å². The molecule has 5 heteroatoms. The topological polar surface area (TPSA) is 33.6 Å². The molecule has 14 heavy (non-hydrogen) atoms. The average molecular weight is 270 g/mol. The van der Waals surface area contributed by atoms with Crippen LogP contribution in [-0.4, -0.2) is 14.8 Å². The van der Waals surface area contributed by atoms with Crippen molar-refractivity contribution in [1.29, 1.82) is 0 Å². The predicted molar refractivity (Wildman–Crippen MR) is 61.2 cm³/mol. The van der Waals surface area contributed by atoms with Crippen LogP contribution in [0.1, 0.15) is 5.56 Å². The third kappa shape index (κ3) is 1.78. The van der Waals surface area contributed by atoms with Crippen molar-refractivity contribution in [1.82, 2.24) is 14.8 Å². The van der Waals surface area contributed by atoms with Crippen molar-refractivity contribution in [3.8, 4) is 5.69 Å². The first-order valence-electron chi connectivity index (χ1n) is 4.06. The first-order valence-corrected chi connectivity index (χ1v) is 5.26. The molecule has 0 unspecified atom stereocenters. The number of H-pyrrole nitrogens is 1. The lowest BCUT2D eigenvalue weighted by atomic mass is 10.2. The summed E-state index contributed by atoms with van der Waals surface area (Å²) in [6.07, 6.45) is 1.67. The van der Waals surface area contributed by atoms with E-state index >= 15 is 0 Å². The second kappa shape index (κ2) is 3.67. The third-order valence-electron chi connectivity index (χ3n) is 1.86. The molecule has 1 heterocycles. The van der Waals surface area contributed by atoms with Crippen molar-refractivity contribution in [2.24, 2.45) is 0 Å². The van der Waals surface area contributed by atoms with Crippen molar-refractivity contribution < 1.29 is 0 Å². The summed E-state index contributed by atoms with van der Waals surface area (Å²) in [7, 11) is 0. The zero-order valence-electron chi connectivity index (χ0n) is 7.49. The van der Waals surface area contributed by atoms with Crippen LogP contribution in [0.3, 0.4) is 0 Å². The second-order valence-electron chi connectivity index (χ2n) is 3.02. The Kier molecular flexibility index (Phi) is 2.52. The van der Waals surface area contributed by atoms with Crippen LogP contribution in [0.25, 0.3) is 5.69 Å². The van der Waals surface area contributed by atoms with Crippen molar-refractivity contribution in [2.45, 2.75) is 6.92 Å². The van der Waals surface area contributed by atoms with Gasteiger partial charge in [0.15, 0.2) is 4.77 Å². The molecule has 0 atom stereocenters. The molecule has 0 spiro atoms. The van der Waals surface area contributed by atoms with Crippen LogP contribution in [0, 0.1) is 11.7 Å². The number of nitrogens with zero attached hydrogens (tertiary/aromatic N) is 2. The Bertz CT molecular complexity index is 495. The number of hydrogen-bond donors (Lipinski definition) is 1. The van der Waals surface area contributed by atoms with Gasteiger partial charge >= 0.3 is 0 Å². The molecule has 0 amide bonds. The SMILES string of the molecule is Cc1cc(Br)cc(-n2cn[nH]c2=S)c1. The van der Waals surface area contributed by atoms with E-state index in [0.717, 1.165) is 10.2 Å². The summed E-state index contributed by atoms with van der Waals surface area (Å²) in [6, 6.07) is 6.10. The number of halogens is 1. The van der Waals surface area contributed by atoms with Gasteiger partial charge in [-0.15, -0.1) is 0 Å². The summed E-state index contributed by atoms with van der Waals surface area (Å²) < 4.78 is 3.46. The molecule has 2 rings (SSSR count). The molecule has 0 aliphatic heterocycles. The molecule has 72 valence electrons. The highest BCUT2D eigenvalue weighted by Crippen LogP contribution is 2.18. The van der Waals surface area contributed by atoms with Crippen LogP contribution in [0.5, 0.6) is 0 Å². The minimum atomic E-state index is 0.600. The lowest BCUT2D eigenvalue weighted by molar-refractivity contribution is 1.03. The summed E-state index contributed by atoms with van der Waals surface area (Å²) in [4.78, 5) is 0. The van der Waals surface area contributed by atoms with Gasteiger partial charge in [-0.1, -0.05) is 15.9 Å². The van der Waals surface area contributed by atoms with E-state index in [0.29, 0.717) is 4.77 Å². The largest absolute Gasteiger partial charge is 0.275 e. The normalized spacial score (nSPS) is 10.4. The molecule has 0 saturated heterocycles. The fraction of sp³-hybridized carbons (Fsp3) is 0.111. The third-order valence-corrected chi connectivity index (χ3v) is 2.60. The Morgan fingerprint density at radius 1 is 1.43 bits per heavy atom. The number of aryl methyl sites for hydroxylation is 1. The Hall–Kier alpha value is -0.940. The second-order valence-corrected chi connectivity index (χ2v) is 4.32. The van der Waals surface area contributed by atoms with Gasteiger partial charge in [0.05, 0.1) is 5.69 Å². The molecular formula is C9H8BrN3S. The van der Waals surface area contributed by atoms with Gasteiger partial charge < -0.3 is 0 Å². The summed E-state index contributed by atoms with van der Waals surface area (Å²) >= 11 is 8.53. The molecule has 0 aliphatic rings. The van der Waals surface area contributed by atoms with Gasteiger partial charge in [0, 0.05) is 4.47 Å². The molecule has 3 nitrogen and oxygen atoms in total. The van der Waals surface area contributed by atoms with Crippen LogP contribution >= 0.6 is 28.1 Å². The van der Waals surface area contributed by atoms with Gasteiger partial charge in [0.25, 0.3) is 0 Å². The van der Waals surface area contributed by atoms with Crippen LogP contribution in [0.2, 0.25) is 0 Å². The lowest BCUT2D eigenvalue weighted by Crippen LogP contribution is -1.92. The van der Waals surface area contributed by atoms with Crippen molar-refractivity contribution >= 4 is 28.1 Å². The van der Waals surface area contributed by atoms with Gasteiger partial charge in [-0.05, 0) is 42.9 Å². The number of aromatic amines is 1. The van der Waals surface area contributed by atoms with E-state index < -0.39 is 0 Å². The van der Waals surface area contributed by atoms with Crippen molar-refractivity contribution in [2.75, 3.05) is 0 Å². The molecule has 0 saturated carbocycles. The Morgan fingerprint density at radius 3 is 2.79 bits per heavy atom. The Balaban J connectivity index is 2.63. The quantitative estimate of drug-likeness (QED) is 0.808. The van der Waals surface area contributed by atoms with Gasteiger partial charge in [0.1, 0.15) is 6.33 Å². The first-order chi connectivity index (χ1) is 6.66. The van der Waals surface area contributed by atoms with Crippen LogP contribution in [0.15, 0.2) is 29.0 Å². The van der Waals surface area contributed by atoms with E-state index in [-0.39, 0.29) is 0 Å². The molecule has 2 aromatic rings. The van der Waals surface area contributed by atoms with Crippen molar-refractivity contribution in [3.05, 3.63) is 39.3 Å². The molecule has 1 aromatic heterocycles. The van der Waals surface area contributed by atoms with Crippen LogP contribution < -0.4 is 0 Å². The number of benzene rings is 1. The van der Waals surface area contributed by atoms with Crippen molar-refractivity contribution in [3.63, 3.8) is 0 Å². The standard InChI is InChI=1S/C9H8BrN3S/c1-6-2-7(10)4-8(3-6)13-5-11-12-9(13)14/h2-5H,1H3,(H,12,14). The number of rotatable bonds is 1. The Labute approximate surface area is 94.9 Å². The Morgan fingerprint density at radius 2 is 2.21 bits per heavy atom. The molecule has 0 radical (unpaired) electrons. The first kappa shape index (κ1) is 9.61. The predicted octanol–water partition coefficient (Wildman–Crippen LogP) is 3.00. The summed E-state index contributed by atoms with van der Waals surface area (Å²) in [5, 5.41) is 6.59. The van der Waals surface area contributed by atoms with Crippen LogP contribution in [-0.2, 0) is 0 Å². The maximum absolute atomic E-state index is 5.08. The monoisotopic (exact) mass is 269 g/mol. The maximum Gasteiger partial charge on any atom is 0.199 e. The summed E-state index contributed by atoms with van der Waals surface area (Å²) in [5.41, 5.74) is 2.19. The molecule has 1 N–H and O–H groups in total. The zero-order valence-corrected chi connectivity index (χ0v) is 9.89. The smallest absolute Gasteiger partial charge is 0.199 e. The zero-order chi connectivity index (χ0) is 10.1. The minimum Gasteiger partial charge on any atom is -0.275 e. The number of hydrogen-bond acceptors (Lipinski definition) is 2. The minimum absolute atomic E-state index is 0.600. The fourth-order valence-corrected chi connectivity index (χ4v) is 2.09. The fourth-order valence-electron chi connectivity index (χ4n) is 1.29.